The van der Waals surface area contributed by atoms with E-state index in [1.807, 2.05) is 22.9 Å². The predicted octanol–water partition coefficient (Wildman–Crippen LogP) is 1.68. The van der Waals surface area contributed by atoms with Gasteiger partial charge < -0.3 is 9.84 Å². The number of fused-ring (bicyclic) bond motifs is 1. The summed E-state index contributed by atoms with van der Waals surface area (Å²) >= 11 is 0. The molecule has 1 unspecified atom stereocenters. The molecular formula is C16H15N5O2. The zero-order valence-corrected chi connectivity index (χ0v) is 12.3. The molecule has 4 heterocycles. The number of aromatic nitrogens is 4. The van der Waals surface area contributed by atoms with Gasteiger partial charge in [0, 0.05) is 54.9 Å². The Morgan fingerprint density at radius 1 is 1.35 bits per heavy atom. The van der Waals surface area contributed by atoms with E-state index in [9.17, 15) is 4.79 Å². The first-order valence-corrected chi connectivity index (χ1v) is 7.48. The molecule has 7 nitrogen and oxygen atoms in total. The first-order valence-electron chi connectivity index (χ1n) is 7.48. The van der Waals surface area contributed by atoms with Gasteiger partial charge in [-0.15, -0.1) is 0 Å². The lowest BCUT2D eigenvalue weighted by molar-refractivity contribution is 0.0921. The van der Waals surface area contributed by atoms with Gasteiger partial charge in [0.2, 0.25) is 0 Å². The van der Waals surface area contributed by atoms with E-state index in [0.717, 1.165) is 30.6 Å². The van der Waals surface area contributed by atoms with E-state index in [1.165, 1.54) is 0 Å². The van der Waals surface area contributed by atoms with Crippen molar-refractivity contribution < 1.29 is 9.32 Å². The first-order chi connectivity index (χ1) is 11.3. The second-order valence-corrected chi connectivity index (χ2v) is 5.53. The molecule has 1 aliphatic heterocycles. The minimum absolute atomic E-state index is 0.0882. The van der Waals surface area contributed by atoms with Crippen molar-refractivity contribution in [2.75, 3.05) is 0 Å². The summed E-state index contributed by atoms with van der Waals surface area (Å²) in [5, 5.41) is 11.1. The lowest BCUT2D eigenvalue weighted by Crippen LogP contribution is -2.40. The molecule has 0 bridgehead atoms. The number of aryl methyl sites for hydroxylation is 1. The lowest BCUT2D eigenvalue weighted by Gasteiger charge is -2.23. The Hall–Kier alpha value is -2.96. The molecule has 3 aromatic rings. The average Bonchev–Trinajstić information content (AvgIpc) is 3.24. The molecule has 0 fully saturated rings. The number of amides is 1. The SMILES string of the molecule is O=C(NC1CCn2nccc2C1)c1cc(-c2cccnc2)on1. The van der Waals surface area contributed by atoms with Crippen LogP contribution in [-0.4, -0.2) is 31.9 Å². The van der Waals surface area contributed by atoms with Crippen molar-refractivity contribution in [2.24, 2.45) is 0 Å². The van der Waals surface area contributed by atoms with Crippen LogP contribution in [0.1, 0.15) is 22.6 Å². The zero-order valence-electron chi connectivity index (χ0n) is 12.3. The van der Waals surface area contributed by atoms with Crippen LogP contribution in [0.25, 0.3) is 11.3 Å². The van der Waals surface area contributed by atoms with Gasteiger partial charge in [-0.1, -0.05) is 5.16 Å². The first kappa shape index (κ1) is 13.7. The second kappa shape index (κ2) is 5.68. The maximum atomic E-state index is 12.3. The van der Waals surface area contributed by atoms with Crippen LogP contribution in [0.2, 0.25) is 0 Å². The van der Waals surface area contributed by atoms with Gasteiger partial charge in [-0.25, -0.2) is 0 Å². The van der Waals surface area contributed by atoms with Crippen molar-refractivity contribution in [3.63, 3.8) is 0 Å². The maximum absolute atomic E-state index is 12.3. The number of nitrogens with zero attached hydrogens (tertiary/aromatic N) is 4. The average molecular weight is 309 g/mol. The number of carbonyl (C=O) groups excluding carboxylic acids is 1. The van der Waals surface area contributed by atoms with E-state index in [4.69, 9.17) is 4.52 Å². The molecular weight excluding hydrogens is 294 g/mol. The van der Waals surface area contributed by atoms with Gasteiger partial charge in [-0.3, -0.25) is 14.5 Å². The predicted molar refractivity (Wildman–Crippen MR) is 81.5 cm³/mol. The molecule has 1 aliphatic rings. The molecule has 1 amide bonds. The van der Waals surface area contributed by atoms with Gasteiger partial charge >= 0.3 is 0 Å². The molecule has 7 heteroatoms. The van der Waals surface area contributed by atoms with Gasteiger partial charge in [0.15, 0.2) is 11.5 Å². The van der Waals surface area contributed by atoms with Crippen molar-refractivity contribution in [1.82, 2.24) is 25.2 Å². The summed E-state index contributed by atoms with van der Waals surface area (Å²) < 4.78 is 7.21. The standard InChI is InChI=1S/C16H15N5O2/c22-16(19-12-4-7-21-13(8-12)3-6-18-21)14-9-15(23-20-14)11-2-1-5-17-10-11/h1-3,5-6,9-10,12H,4,7-8H2,(H,19,22). The molecule has 1 N–H and O–H groups in total. The maximum Gasteiger partial charge on any atom is 0.273 e. The largest absolute Gasteiger partial charge is 0.355 e. The third kappa shape index (κ3) is 2.73. The molecule has 0 radical (unpaired) electrons. The molecule has 0 aromatic carbocycles. The van der Waals surface area contributed by atoms with Crippen molar-refractivity contribution in [3.8, 4) is 11.3 Å². The smallest absolute Gasteiger partial charge is 0.273 e. The van der Waals surface area contributed by atoms with Gasteiger partial charge in [0.05, 0.1) is 0 Å². The Morgan fingerprint density at radius 2 is 2.30 bits per heavy atom. The van der Waals surface area contributed by atoms with E-state index in [-0.39, 0.29) is 17.6 Å². The van der Waals surface area contributed by atoms with Crippen LogP contribution in [0.15, 0.2) is 47.4 Å². The number of rotatable bonds is 3. The van der Waals surface area contributed by atoms with Crippen molar-refractivity contribution >= 4 is 5.91 Å². The molecule has 116 valence electrons. The highest BCUT2D eigenvalue weighted by Crippen LogP contribution is 2.19. The van der Waals surface area contributed by atoms with Crippen LogP contribution < -0.4 is 5.32 Å². The quantitative estimate of drug-likeness (QED) is 0.795. The van der Waals surface area contributed by atoms with Gasteiger partial charge in [0.25, 0.3) is 5.91 Å². The summed E-state index contributed by atoms with van der Waals surface area (Å²) in [6.07, 6.45) is 6.77. The fraction of sp³-hybridized carbons (Fsp3) is 0.250. The Morgan fingerprint density at radius 3 is 3.17 bits per heavy atom. The summed E-state index contributed by atoms with van der Waals surface area (Å²) in [4.78, 5) is 16.4. The number of carbonyl (C=O) groups is 1. The van der Waals surface area contributed by atoms with Crippen LogP contribution >= 0.6 is 0 Å². The van der Waals surface area contributed by atoms with E-state index < -0.39 is 0 Å². The van der Waals surface area contributed by atoms with Crippen LogP contribution in [0.4, 0.5) is 0 Å². The van der Waals surface area contributed by atoms with Gasteiger partial charge in [0.1, 0.15) is 0 Å². The fourth-order valence-corrected chi connectivity index (χ4v) is 2.78. The number of hydrogen-bond acceptors (Lipinski definition) is 5. The molecule has 0 aliphatic carbocycles. The third-order valence-electron chi connectivity index (χ3n) is 3.97. The summed E-state index contributed by atoms with van der Waals surface area (Å²) in [6, 6.07) is 7.37. The molecule has 3 aromatic heterocycles. The topological polar surface area (TPSA) is 85.8 Å². The van der Waals surface area contributed by atoms with Gasteiger partial charge in [-0.2, -0.15) is 5.10 Å². The summed E-state index contributed by atoms with van der Waals surface area (Å²) in [5.74, 6) is 0.312. The van der Waals surface area contributed by atoms with E-state index in [1.54, 1.807) is 24.7 Å². The van der Waals surface area contributed by atoms with Crippen molar-refractivity contribution in [2.45, 2.75) is 25.4 Å². The van der Waals surface area contributed by atoms with Crippen LogP contribution in [0.5, 0.6) is 0 Å². The number of pyridine rings is 1. The third-order valence-corrected chi connectivity index (χ3v) is 3.97. The van der Waals surface area contributed by atoms with E-state index in [0.29, 0.717) is 5.76 Å². The minimum atomic E-state index is -0.221. The highest BCUT2D eigenvalue weighted by molar-refractivity contribution is 5.93. The number of nitrogens with one attached hydrogen (secondary N) is 1. The van der Waals surface area contributed by atoms with Crippen LogP contribution in [0.3, 0.4) is 0 Å². The van der Waals surface area contributed by atoms with Crippen LogP contribution in [0, 0.1) is 0 Å². The van der Waals surface area contributed by atoms with E-state index in [2.05, 4.69) is 20.6 Å². The normalized spacial score (nSPS) is 16.8. The Balaban J connectivity index is 1.45. The summed E-state index contributed by atoms with van der Waals surface area (Å²) in [7, 11) is 0. The van der Waals surface area contributed by atoms with E-state index >= 15 is 0 Å². The molecule has 1 atom stereocenters. The highest BCUT2D eigenvalue weighted by atomic mass is 16.5. The van der Waals surface area contributed by atoms with Crippen LogP contribution in [-0.2, 0) is 13.0 Å². The second-order valence-electron chi connectivity index (χ2n) is 5.53. The monoisotopic (exact) mass is 309 g/mol. The molecule has 0 saturated heterocycles. The van der Waals surface area contributed by atoms with Crippen molar-refractivity contribution in [1.29, 1.82) is 0 Å². The summed E-state index contributed by atoms with van der Waals surface area (Å²) in [5.41, 5.74) is 2.21. The van der Waals surface area contributed by atoms with Gasteiger partial charge in [-0.05, 0) is 24.6 Å². The minimum Gasteiger partial charge on any atom is -0.355 e. The lowest BCUT2D eigenvalue weighted by atomic mass is 10.0. The number of hydrogen-bond donors (Lipinski definition) is 1. The highest BCUT2D eigenvalue weighted by Gasteiger charge is 2.22. The Bertz CT molecular complexity index is 824. The Labute approximate surface area is 132 Å². The molecule has 4 rings (SSSR count). The summed E-state index contributed by atoms with van der Waals surface area (Å²) in [6.45, 7) is 0.813. The molecule has 0 spiro atoms. The molecule has 0 saturated carbocycles. The fourth-order valence-electron chi connectivity index (χ4n) is 2.78. The molecule has 23 heavy (non-hydrogen) atoms. The zero-order chi connectivity index (χ0) is 15.6. The van der Waals surface area contributed by atoms with Crippen molar-refractivity contribution in [3.05, 3.63) is 54.2 Å². The Kier molecular flexibility index (Phi) is 3.38.